The molecule has 0 unspecified atom stereocenters. The van der Waals surface area contributed by atoms with E-state index in [0.717, 1.165) is 29.8 Å². The van der Waals surface area contributed by atoms with Gasteiger partial charge in [0.25, 0.3) is 0 Å². The van der Waals surface area contributed by atoms with Crippen LogP contribution in [0.25, 0.3) is 11.3 Å². The zero-order valence-corrected chi connectivity index (χ0v) is 18.8. The summed E-state index contributed by atoms with van der Waals surface area (Å²) < 4.78 is 74.3. The maximum Gasteiger partial charge on any atom is 0.416 e. The van der Waals surface area contributed by atoms with Crippen LogP contribution in [0.15, 0.2) is 51.9 Å². The van der Waals surface area contributed by atoms with E-state index in [2.05, 4.69) is 10.5 Å². The first-order chi connectivity index (χ1) is 15.4. The van der Waals surface area contributed by atoms with E-state index >= 15 is 0 Å². The Labute approximate surface area is 188 Å². The third kappa shape index (κ3) is 5.54. The lowest BCUT2D eigenvalue weighted by Gasteiger charge is -2.12. The molecule has 33 heavy (non-hydrogen) atoms. The highest BCUT2D eigenvalue weighted by atomic mass is 32.2. The van der Waals surface area contributed by atoms with Gasteiger partial charge in [-0.05, 0) is 56.3 Å². The van der Waals surface area contributed by atoms with Crippen molar-refractivity contribution in [1.82, 2.24) is 5.16 Å². The second-order valence-corrected chi connectivity index (χ2v) is 9.36. The molecule has 3 aromatic rings. The maximum atomic E-state index is 13.0. The van der Waals surface area contributed by atoms with Gasteiger partial charge in [-0.1, -0.05) is 5.16 Å². The molecule has 11 heteroatoms. The molecule has 1 heterocycles. The van der Waals surface area contributed by atoms with Gasteiger partial charge < -0.3 is 14.6 Å². The molecule has 0 aliphatic heterocycles. The molecule has 0 fully saturated rings. The number of hydrogen-bond donors (Lipinski definition) is 1. The first-order valence-electron chi connectivity index (χ1n) is 9.73. The number of hydrogen-bond acceptors (Lipinski definition) is 6. The number of halogens is 3. The Morgan fingerprint density at radius 3 is 2.33 bits per heavy atom. The summed E-state index contributed by atoms with van der Waals surface area (Å²) in [6, 6.07) is 8.39. The number of nitrogens with zero attached hydrogens (tertiary/aromatic N) is 1. The molecular formula is C22H21F3N2O5S. The number of anilines is 1. The minimum Gasteiger partial charge on any atom is -0.495 e. The predicted octanol–water partition coefficient (Wildman–Crippen LogP) is 4.79. The SMILES string of the molecule is COc1ccc(-c2onc(C)c2C)cc1S(=O)(=O)CCC(=O)Nc1ccc(C(F)(F)F)cc1. The number of methoxy groups -OCH3 is 1. The van der Waals surface area contributed by atoms with Crippen LogP contribution in [-0.2, 0) is 20.8 Å². The van der Waals surface area contributed by atoms with Crippen LogP contribution < -0.4 is 10.1 Å². The van der Waals surface area contributed by atoms with E-state index < -0.39 is 39.7 Å². The number of alkyl halides is 3. The summed E-state index contributed by atoms with van der Waals surface area (Å²) in [5.41, 5.74) is 1.19. The third-order valence-electron chi connectivity index (χ3n) is 5.01. The quantitative estimate of drug-likeness (QED) is 0.520. The molecule has 0 saturated heterocycles. The van der Waals surface area contributed by atoms with Crippen molar-refractivity contribution in [3.8, 4) is 17.1 Å². The molecule has 1 aromatic heterocycles. The highest BCUT2D eigenvalue weighted by Crippen LogP contribution is 2.33. The average Bonchev–Trinajstić information content (AvgIpc) is 3.10. The number of carbonyl (C=O) groups excluding carboxylic acids is 1. The number of sulfone groups is 1. The zero-order valence-electron chi connectivity index (χ0n) is 18.0. The van der Waals surface area contributed by atoms with E-state index in [1.54, 1.807) is 19.9 Å². The standard InChI is InChI=1S/C22H21F3N2O5S/c1-13-14(2)27-32-21(13)15-4-9-18(31-3)19(12-15)33(29,30)11-10-20(28)26-17-7-5-16(6-8-17)22(23,24)25/h4-9,12H,10-11H2,1-3H3,(H,26,28). The lowest BCUT2D eigenvalue weighted by Crippen LogP contribution is -2.18. The molecule has 0 radical (unpaired) electrons. The van der Waals surface area contributed by atoms with Gasteiger partial charge in [0.2, 0.25) is 5.91 Å². The van der Waals surface area contributed by atoms with Crippen LogP contribution in [0.2, 0.25) is 0 Å². The minimum atomic E-state index is -4.49. The number of rotatable bonds is 7. The monoisotopic (exact) mass is 482 g/mol. The summed E-state index contributed by atoms with van der Waals surface area (Å²) in [4.78, 5) is 12.1. The highest BCUT2D eigenvalue weighted by molar-refractivity contribution is 7.91. The van der Waals surface area contributed by atoms with Crippen LogP contribution in [0.1, 0.15) is 23.2 Å². The summed E-state index contributed by atoms with van der Waals surface area (Å²) in [6.45, 7) is 3.56. The van der Waals surface area contributed by atoms with Crippen molar-refractivity contribution in [2.45, 2.75) is 31.3 Å². The van der Waals surface area contributed by atoms with E-state index in [1.165, 1.54) is 19.2 Å². The normalized spacial score (nSPS) is 11.9. The Morgan fingerprint density at radius 2 is 1.79 bits per heavy atom. The zero-order chi connectivity index (χ0) is 24.4. The first kappa shape index (κ1) is 24.3. The molecular weight excluding hydrogens is 461 g/mol. The topological polar surface area (TPSA) is 98.5 Å². The van der Waals surface area contributed by atoms with Gasteiger partial charge in [-0.3, -0.25) is 4.79 Å². The summed E-state index contributed by atoms with van der Waals surface area (Å²) in [5.74, 6) is -0.661. The molecule has 2 aromatic carbocycles. The van der Waals surface area contributed by atoms with E-state index in [9.17, 15) is 26.4 Å². The smallest absolute Gasteiger partial charge is 0.416 e. The van der Waals surface area contributed by atoms with E-state index in [0.29, 0.717) is 17.0 Å². The van der Waals surface area contributed by atoms with Crippen LogP contribution in [0.5, 0.6) is 5.75 Å². The van der Waals surface area contributed by atoms with Crippen molar-refractivity contribution < 1.29 is 35.6 Å². The molecule has 3 rings (SSSR count). The van der Waals surface area contributed by atoms with Crippen molar-refractivity contribution in [1.29, 1.82) is 0 Å². The molecule has 0 aliphatic rings. The number of benzene rings is 2. The molecule has 0 spiro atoms. The lowest BCUT2D eigenvalue weighted by molar-refractivity contribution is -0.137. The summed E-state index contributed by atoms with van der Waals surface area (Å²) in [7, 11) is -2.62. The number of aromatic nitrogens is 1. The van der Waals surface area contributed by atoms with Crippen molar-refractivity contribution >= 4 is 21.4 Å². The first-order valence-corrected chi connectivity index (χ1v) is 11.4. The van der Waals surface area contributed by atoms with E-state index in [4.69, 9.17) is 9.26 Å². The average molecular weight is 482 g/mol. The maximum absolute atomic E-state index is 13.0. The van der Waals surface area contributed by atoms with Crippen LogP contribution in [0.3, 0.4) is 0 Å². The number of amides is 1. The number of ether oxygens (including phenoxy) is 1. The minimum absolute atomic E-state index is 0.107. The molecule has 0 atom stereocenters. The van der Waals surface area contributed by atoms with Crippen molar-refractivity contribution in [2.75, 3.05) is 18.2 Å². The number of aryl methyl sites for hydroxylation is 1. The summed E-state index contributed by atoms with van der Waals surface area (Å²) in [6.07, 6.45) is -4.90. The molecule has 0 bridgehead atoms. The van der Waals surface area contributed by atoms with Crippen molar-refractivity contribution in [3.05, 3.63) is 59.3 Å². The number of nitrogens with one attached hydrogen (secondary N) is 1. The van der Waals surface area contributed by atoms with Crippen molar-refractivity contribution in [2.24, 2.45) is 0 Å². The molecule has 1 amide bonds. The summed E-state index contributed by atoms with van der Waals surface area (Å²) in [5, 5.41) is 6.27. The Morgan fingerprint density at radius 1 is 1.12 bits per heavy atom. The van der Waals surface area contributed by atoms with Crippen LogP contribution in [0.4, 0.5) is 18.9 Å². The van der Waals surface area contributed by atoms with Crippen LogP contribution >= 0.6 is 0 Å². The highest BCUT2D eigenvalue weighted by Gasteiger charge is 2.30. The van der Waals surface area contributed by atoms with Gasteiger partial charge in [0.05, 0.1) is 24.1 Å². The Balaban J connectivity index is 1.75. The van der Waals surface area contributed by atoms with Gasteiger partial charge in [-0.25, -0.2) is 8.42 Å². The molecule has 1 N–H and O–H groups in total. The van der Waals surface area contributed by atoms with Gasteiger partial charge in [-0.15, -0.1) is 0 Å². The van der Waals surface area contributed by atoms with E-state index in [1.807, 2.05) is 0 Å². The molecule has 0 saturated carbocycles. The molecule has 0 aliphatic carbocycles. The van der Waals surface area contributed by atoms with E-state index in [-0.39, 0.29) is 16.3 Å². The molecule has 176 valence electrons. The van der Waals surface area contributed by atoms with Gasteiger partial charge in [0, 0.05) is 23.2 Å². The summed E-state index contributed by atoms with van der Waals surface area (Å²) >= 11 is 0. The number of carbonyl (C=O) groups is 1. The lowest BCUT2D eigenvalue weighted by atomic mass is 10.1. The molecule has 7 nitrogen and oxygen atoms in total. The third-order valence-corrected chi connectivity index (χ3v) is 6.74. The van der Waals surface area contributed by atoms with Crippen LogP contribution in [0, 0.1) is 13.8 Å². The van der Waals surface area contributed by atoms with Crippen molar-refractivity contribution in [3.63, 3.8) is 0 Å². The fourth-order valence-corrected chi connectivity index (χ4v) is 4.49. The predicted molar refractivity (Wildman–Crippen MR) is 115 cm³/mol. The largest absolute Gasteiger partial charge is 0.495 e. The Bertz CT molecular complexity index is 1270. The fourth-order valence-electron chi connectivity index (χ4n) is 3.05. The Hall–Kier alpha value is -3.34. The second kappa shape index (κ2) is 9.26. The Kier molecular flexibility index (Phi) is 6.82. The van der Waals surface area contributed by atoms with Gasteiger partial charge >= 0.3 is 6.18 Å². The van der Waals surface area contributed by atoms with Gasteiger partial charge in [-0.2, -0.15) is 13.2 Å². The van der Waals surface area contributed by atoms with Gasteiger partial charge in [0.1, 0.15) is 10.6 Å². The van der Waals surface area contributed by atoms with Gasteiger partial charge in [0.15, 0.2) is 15.6 Å². The second-order valence-electron chi connectivity index (χ2n) is 7.28. The fraction of sp³-hybridized carbons (Fsp3) is 0.273. The van der Waals surface area contributed by atoms with Crippen LogP contribution in [-0.4, -0.2) is 32.3 Å².